The largest absolute Gasteiger partial charge is 0.495 e. The minimum Gasteiger partial charge on any atom is -0.495 e. The lowest BCUT2D eigenvalue weighted by Crippen LogP contribution is -2.30. The Balaban J connectivity index is 1.68. The summed E-state index contributed by atoms with van der Waals surface area (Å²) >= 11 is 0. The number of rotatable bonds is 5. The molecular weight excluding hydrogens is 322 g/mol. The molecule has 0 aliphatic carbocycles. The highest BCUT2D eigenvalue weighted by Gasteiger charge is 2.28. The predicted molar refractivity (Wildman–Crippen MR) is 91.3 cm³/mol. The van der Waals surface area contributed by atoms with Crippen LogP contribution in [0.1, 0.15) is 15.9 Å². The molecule has 25 heavy (non-hydrogen) atoms. The molecule has 0 radical (unpaired) electrons. The van der Waals surface area contributed by atoms with Crippen molar-refractivity contribution in [1.29, 1.82) is 0 Å². The Kier molecular flexibility index (Phi) is 4.65. The smallest absolute Gasteiger partial charge is 0.324 e. The van der Waals surface area contributed by atoms with Gasteiger partial charge in [-0.3, -0.25) is 14.5 Å². The molecule has 7 heteroatoms. The van der Waals surface area contributed by atoms with Crippen LogP contribution >= 0.6 is 0 Å². The number of nitrogens with zero attached hydrogens (tertiary/aromatic N) is 1. The molecule has 0 unspecified atom stereocenters. The fourth-order valence-electron chi connectivity index (χ4n) is 2.50. The van der Waals surface area contributed by atoms with Crippen molar-refractivity contribution in [2.75, 3.05) is 19.0 Å². The lowest BCUT2D eigenvalue weighted by molar-refractivity contribution is -0.125. The fourth-order valence-corrected chi connectivity index (χ4v) is 2.50. The first-order chi connectivity index (χ1) is 12.1. The van der Waals surface area contributed by atoms with E-state index >= 15 is 0 Å². The summed E-state index contributed by atoms with van der Waals surface area (Å²) in [6.07, 6.45) is 0. The van der Waals surface area contributed by atoms with Gasteiger partial charge in [0.05, 0.1) is 25.9 Å². The van der Waals surface area contributed by atoms with Crippen molar-refractivity contribution in [3.63, 3.8) is 0 Å². The summed E-state index contributed by atoms with van der Waals surface area (Å²) < 4.78 is 5.21. The molecule has 1 saturated heterocycles. The zero-order chi connectivity index (χ0) is 17.8. The zero-order valence-electron chi connectivity index (χ0n) is 13.6. The first-order valence-electron chi connectivity index (χ1n) is 7.70. The number of urea groups is 1. The van der Waals surface area contributed by atoms with Gasteiger partial charge in [-0.1, -0.05) is 24.3 Å². The van der Waals surface area contributed by atoms with Crippen molar-refractivity contribution in [1.82, 2.24) is 10.2 Å². The number of hydrogen-bond acceptors (Lipinski definition) is 4. The molecule has 0 spiro atoms. The van der Waals surface area contributed by atoms with Crippen molar-refractivity contribution in [2.24, 2.45) is 0 Å². The number of ether oxygens (including phenoxy) is 1. The van der Waals surface area contributed by atoms with E-state index < -0.39 is 6.03 Å². The molecule has 1 heterocycles. The molecule has 7 nitrogen and oxygen atoms in total. The van der Waals surface area contributed by atoms with Crippen LogP contribution in [0, 0.1) is 0 Å². The van der Waals surface area contributed by atoms with Crippen LogP contribution in [-0.4, -0.2) is 36.4 Å². The van der Waals surface area contributed by atoms with Crippen LogP contribution < -0.4 is 15.4 Å². The van der Waals surface area contributed by atoms with Gasteiger partial charge < -0.3 is 15.4 Å². The number of para-hydroxylation sites is 2. The van der Waals surface area contributed by atoms with Gasteiger partial charge >= 0.3 is 6.03 Å². The molecule has 1 fully saturated rings. The lowest BCUT2D eigenvalue weighted by atomic mass is 10.1. The second-order valence-electron chi connectivity index (χ2n) is 5.49. The molecule has 1 aliphatic rings. The second kappa shape index (κ2) is 7.04. The van der Waals surface area contributed by atoms with E-state index in [-0.39, 0.29) is 24.9 Å². The van der Waals surface area contributed by atoms with Crippen LogP contribution in [0.3, 0.4) is 0 Å². The van der Waals surface area contributed by atoms with Crippen LogP contribution in [0.5, 0.6) is 5.75 Å². The normalized spacial score (nSPS) is 13.6. The number of hydrogen-bond donors (Lipinski definition) is 2. The number of carbonyl (C=O) groups excluding carboxylic acids is 3. The number of nitrogens with one attached hydrogen (secondary N) is 2. The Morgan fingerprint density at radius 2 is 1.88 bits per heavy atom. The average Bonchev–Trinajstić information content (AvgIpc) is 2.94. The van der Waals surface area contributed by atoms with Gasteiger partial charge in [0.15, 0.2) is 0 Å². The highest BCUT2D eigenvalue weighted by molar-refractivity contribution is 6.05. The summed E-state index contributed by atoms with van der Waals surface area (Å²) in [5.41, 5.74) is 1.81. The third-order valence-corrected chi connectivity index (χ3v) is 3.85. The summed E-state index contributed by atoms with van der Waals surface area (Å²) in [5, 5.41) is 5.26. The van der Waals surface area contributed by atoms with E-state index in [9.17, 15) is 14.4 Å². The number of anilines is 1. The number of carbonyl (C=O) groups is 3. The molecule has 0 saturated carbocycles. The minimum atomic E-state index is -0.400. The van der Waals surface area contributed by atoms with Crippen LogP contribution in [0.2, 0.25) is 0 Å². The van der Waals surface area contributed by atoms with Gasteiger partial charge in [0.25, 0.3) is 5.91 Å². The third-order valence-electron chi connectivity index (χ3n) is 3.85. The Bertz CT molecular complexity index is 801. The Morgan fingerprint density at radius 1 is 1.16 bits per heavy atom. The molecular formula is C18H17N3O4. The molecule has 0 atom stereocenters. The highest BCUT2D eigenvalue weighted by Crippen LogP contribution is 2.23. The van der Waals surface area contributed by atoms with Crippen molar-refractivity contribution in [3.05, 3.63) is 59.7 Å². The van der Waals surface area contributed by atoms with Gasteiger partial charge in [0.1, 0.15) is 5.75 Å². The molecule has 128 valence electrons. The van der Waals surface area contributed by atoms with E-state index in [0.29, 0.717) is 17.0 Å². The number of methoxy groups -OCH3 is 1. The second-order valence-corrected chi connectivity index (χ2v) is 5.49. The zero-order valence-corrected chi connectivity index (χ0v) is 13.6. The van der Waals surface area contributed by atoms with Gasteiger partial charge in [-0.15, -0.1) is 0 Å². The van der Waals surface area contributed by atoms with Crippen molar-refractivity contribution >= 4 is 23.5 Å². The maximum absolute atomic E-state index is 12.3. The molecule has 0 bridgehead atoms. The first-order valence-corrected chi connectivity index (χ1v) is 7.70. The monoisotopic (exact) mass is 339 g/mol. The van der Waals surface area contributed by atoms with Crippen LogP contribution in [0.25, 0.3) is 0 Å². The SMILES string of the molecule is COc1ccccc1NC(=O)c1ccc(CN2C(=O)CNC2=O)cc1. The third kappa shape index (κ3) is 3.60. The van der Waals surface area contributed by atoms with Gasteiger partial charge in [-0.25, -0.2) is 4.79 Å². The topological polar surface area (TPSA) is 87.7 Å². The van der Waals surface area contributed by atoms with E-state index in [1.54, 1.807) is 42.5 Å². The van der Waals surface area contributed by atoms with Crippen molar-refractivity contribution in [3.8, 4) is 5.75 Å². The molecule has 0 aromatic heterocycles. The van der Waals surface area contributed by atoms with E-state index in [1.165, 1.54) is 7.11 Å². The van der Waals surface area contributed by atoms with Crippen LogP contribution in [0.4, 0.5) is 10.5 Å². The summed E-state index contributed by atoms with van der Waals surface area (Å²) in [4.78, 5) is 36.6. The first kappa shape index (κ1) is 16.5. The summed E-state index contributed by atoms with van der Waals surface area (Å²) in [5.74, 6) is 0.0417. The molecule has 4 amide bonds. The van der Waals surface area contributed by atoms with Crippen LogP contribution in [-0.2, 0) is 11.3 Å². The van der Waals surface area contributed by atoms with Gasteiger partial charge in [0.2, 0.25) is 5.91 Å². The standard InChI is InChI=1S/C18H17N3O4/c1-25-15-5-3-2-4-14(15)20-17(23)13-8-6-12(7-9-13)11-21-16(22)10-19-18(21)24/h2-9H,10-11H2,1H3,(H,19,24)(H,20,23). The van der Waals surface area contributed by atoms with Gasteiger partial charge in [-0.2, -0.15) is 0 Å². The maximum Gasteiger partial charge on any atom is 0.324 e. The predicted octanol–water partition coefficient (Wildman–Crippen LogP) is 2.00. The minimum absolute atomic E-state index is 0.0260. The Labute approximate surface area is 144 Å². The summed E-state index contributed by atoms with van der Waals surface area (Å²) in [6, 6.07) is 13.5. The van der Waals surface area contributed by atoms with E-state index in [0.717, 1.165) is 10.5 Å². The van der Waals surface area contributed by atoms with Crippen molar-refractivity contribution in [2.45, 2.75) is 6.54 Å². The number of benzene rings is 2. The van der Waals surface area contributed by atoms with Crippen molar-refractivity contribution < 1.29 is 19.1 Å². The molecule has 1 aliphatic heterocycles. The summed E-state index contributed by atoms with van der Waals surface area (Å²) in [7, 11) is 1.54. The maximum atomic E-state index is 12.3. The fraction of sp³-hybridized carbons (Fsp3) is 0.167. The molecule has 2 N–H and O–H groups in total. The number of amides is 4. The Morgan fingerprint density at radius 3 is 2.52 bits per heavy atom. The van der Waals surface area contributed by atoms with E-state index in [4.69, 9.17) is 4.74 Å². The highest BCUT2D eigenvalue weighted by atomic mass is 16.5. The quantitative estimate of drug-likeness (QED) is 0.816. The molecule has 2 aromatic rings. The average molecular weight is 339 g/mol. The summed E-state index contributed by atoms with van der Waals surface area (Å²) in [6.45, 7) is 0.206. The van der Waals surface area contributed by atoms with E-state index in [2.05, 4.69) is 10.6 Å². The van der Waals surface area contributed by atoms with E-state index in [1.807, 2.05) is 6.07 Å². The van der Waals surface area contributed by atoms with Gasteiger partial charge in [0, 0.05) is 5.56 Å². The molecule has 3 rings (SSSR count). The number of imide groups is 1. The Hall–Kier alpha value is -3.35. The molecule has 2 aromatic carbocycles. The van der Waals surface area contributed by atoms with Crippen LogP contribution in [0.15, 0.2) is 48.5 Å². The van der Waals surface area contributed by atoms with Gasteiger partial charge in [-0.05, 0) is 29.8 Å². The lowest BCUT2D eigenvalue weighted by Gasteiger charge is -2.13.